The maximum atomic E-state index is 10.7. The Morgan fingerprint density at radius 2 is 2.08 bits per heavy atom. The summed E-state index contributed by atoms with van der Waals surface area (Å²) in [5.41, 5.74) is 0. The van der Waals surface area contributed by atoms with Gasteiger partial charge in [0.1, 0.15) is 0 Å². The predicted octanol–water partition coefficient (Wildman–Crippen LogP) is 1.66. The molecule has 3 nitrogen and oxygen atoms in total. The standard InChI is InChI=1S/C8H15O3S/c1-2-3-7-4-5-8(6-7)12(9,10)11/h7-8H,1-6H2,(H,9,10,11). The molecule has 71 valence electrons. The van der Waals surface area contributed by atoms with Crippen LogP contribution in [0.3, 0.4) is 0 Å². The van der Waals surface area contributed by atoms with E-state index in [2.05, 4.69) is 6.92 Å². The Morgan fingerprint density at radius 3 is 2.50 bits per heavy atom. The van der Waals surface area contributed by atoms with Gasteiger partial charge >= 0.3 is 0 Å². The third-order valence-electron chi connectivity index (χ3n) is 2.53. The summed E-state index contributed by atoms with van der Waals surface area (Å²) in [6.07, 6.45) is 3.98. The molecular formula is C8H15O3S. The fourth-order valence-corrected chi connectivity index (χ4v) is 2.80. The zero-order valence-corrected chi connectivity index (χ0v) is 7.89. The fraction of sp³-hybridized carbons (Fsp3) is 0.875. The van der Waals surface area contributed by atoms with E-state index in [0.717, 1.165) is 19.3 Å². The van der Waals surface area contributed by atoms with Gasteiger partial charge in [0, 0.05) is 0 Å². The van der Waals surface area contributed by atoms with Crippen LogP contribution in [0.2, 0.25) is 0 Å². The maximum Gasteiger partial charge on any atom is 0.267 e. The third kappa shape index (κ3) is 2.45. The lowest BCUT2D eigenvalue weighted by molar-refractivity contribution is 0.459. The smallest absolute Gasteiger partial charge is 0.267 e. The van der Waals surface area contributed by atoms with Crippen molar-refractivity contribution in [3.05, 3.63) is 6.92 Å². The van der Waals surface area contributed by atoms with Gasteiger partial charge in [0.15, 0.2) is 0 Å². The summed E-state index contributed by atoms with van der Waals surface area (Å²) in [4.78, 5) is 0. The van der Waals surface area contributed by atoms with Crippen LogP contribution >= 0.6 is 0 Å². The molecule has 2 unspecified atom stereocenters. The lowest BCUT2D eigenvalue weighted by atomic mass is 10.0. The van der Waals surface area contributed by atoms with Gasteiger partial charge in [0.05, 0.1) is 5.25 Å². The van der Waals surface area contributed by atoms with Crippen molar-refractivity contribution in [2.75, 3.05) is 0 Å². The van der Waals surface area contributed by atoms with E-state index in [1.165, 1.54) is 0 Å². The monoisotopic (exact) mass is 191 g/mol. The van der Waals surface area contributed by atoms with Gasteiger partial charge in [0.2, 0.25) is 0 Å². The van der Waals surface area contributed by atoms with Crippen LogP contribution in [-0.4, -0.2) is 18.2 Å². The first-order valence-corrected chi connectivity index (χ1v) is 5.80. The molecule has 0 aromatic carbocycles. The van der Waals surface area contributed by atoms with Gasteiger partial charge in [-0.2, -0.15) is 8.42 Å². The molecule has 4 heteroatoms. The van der Waals surface area contributed by atoms with Crippen molar-refractivity contribution in [2.24, 2.45) is 5.92 Å². The average Bonchev–Trinajstić information content (AvgIpc) is 2.35. The molecule has 1 saturated carbocycles. The molecule has 0 amide bonds. The van der Waals surface area contributed by atoms with Crippen LogP contribution in [-0.2, 0) is 10.1 Å². The minimum Gasteiger partial charge on any atom is -0.285 e. The van der Waals surface area contributed by atoms with Crippen LogP contribution < -0.4 is 0 Å². The van der Waals surface area contributed by atoms with E-state index < -0.39 is 15.4 Å². The Hall–Kier alpha value is -0.0900. The first-order chi connectivity index (χ1) is 5.54. The van der Waals surface area contributed by atoms with Crippen molar-refractivity contribution in [2.45, 2.75) is 37.4 Å². The van der Waals surface area contributed by atoms with Crippen LogP contribution in [0, 0.1) is 12.8 Å². The largest absolute Gasteiger partial charge is 0.285 e. The van der Waals surface area contributed by atoms with E-state index in [-0.39, 0.29) is 0 Å². The predicted molar refractivity (Wildman–Crippen MR) is 47.3 cm³/mol. The number of hydrogen-bond acceptors (Lipinski definition) is 2. The van der Waals surface area contributed by atoms with Gasteiger partial charge in [-0.1, -0.05) is 19.8 Å². The molecule has 0 heterocycles. The Balaban J connectivity index is 2.46. The molecule has 1 rings (SSSR count). The fourth-order valence-electron chi connectivity index (χ4n) is 1.85. The highest BCUT2D eigenvalue weighted by Crippen LogP contribution is 2.32. The van der Waals surface area contributed by atoms with Gasteiger partial charge in [0.25, 0.3) is 10.1 Å². The second-order valence-electron chi connectivity index (χ2n) is 3.46. The van der Waals surface area contributed by atoms with E-state index in [1.54, 1.807) is 0 Å². The highest BCUT2D eigenvalue weighted by atomic mass is 32.2. The van der Waals surface area contributed by atoms with Crippen LogP contribution in [0.25, 0.3) is 0 Å². The lowest BCUT2D eigenvalue weighted by Gasteiger charge is -2.06. The Kier molecular flexibility index (Phi) is 3.12. The molecule has 12 heavy (non-hydrogen) atoms. The molecule has 1 aliphatic carbocycles. The van der Waals surface area contributed by atoms with Gasteiger partial charge in [-0.15, -0.1) is 0 Å². The zero-order chi connectivity index (χ0) is 9.19. The highest BCUT2D eigenvalue weighted by Gasteiger charge is 2.32. The van der Waals surface area contributed by atoms with Gasteiger partial charge in [-0.05, 0) is 25.2 Å². The van der Waals surface area contributed by atoms with Gasteiger partial charge in [-0.25, -0.2) is 0 Å². The van der Waals surface area contributed by atoms with Crippen molar-refractivity contribution < 1.29 is 13.0 Å². The topological polar surface area (TPSA) is 54.4 Å². The molecule has 1 aliphatic rings. The molecule has 0 aliphatic heterocycles. The Bertz CT molecular complexity index is 233. The highest BCUT2D eigenvalue weighted by molar-refractivity contribution is 7.86. The number of rotatable bonds is 3. The summed E-state index contributed by atoms with van der Waals surface area (Å²) in [6, 6.07) is 0. The maximum absolute atomic E-state index is 10.7. The summed E-state index contributed by atoms with van der Waals surface area (Å²) in [6.45, 7) is 3.72. The van der Waals surface area contributed by atoms with Crippen LogP contribution in [0.5, 0.6) is 0 Å². The summed E-state index contributed by atoms with van der Waals surface area (Å²) in [7, 11) is -3.77. The molecule has 0 saturated heterocycles. The molecule has 1 radical (unpaired) electrons. The van der Waals surface area contributed by atoms with Crippen molar-refractivity contribution in [3.63, 3.8) is 0 Å². The first kappa shape index (κ1) is 9.99. The SMILES string of the molecule is [CH2]CCC1CCC(S(=O)(=O)O)C1. The van der Waals surface area contributed by atoms with E-state index in [1.807, 2.05) is 0 Å². The molecule has 2 atom stereocenters. The number of hydrogen-bond donors (Lipinski definition) is 1. The van der Waals surface area contributed by atoms with Crippen LogP contribution in [0.4, 0.5) is 0 Å². The minimum atomic E-state index is -3.77. The quantitative estimate of drug-likeness (QED) is 0.690. The van der Waals surface area contributed by atoms with Crippen molar-refractivity contribution in [1.29, 1.82) is 0 Å². The summed E-state index contributed by atoms with van der Waals surface area (Å²) >= 11 is 0. The van der Waals surface area contributed by atoms with Gasteiger partial charge < -0.3 is 0 Å². The Morgan fingerprint density at radius 1 is 1.42 bits per heavy atom. The van der Waals surface area contributed by atoms with Crippen LogP contribution in [0.15, 0.2) is 0 Å². The minimum absolute atomic E-state index is 0.453. The van der Waals surface area contributed by atoms with E-state index >= 15 is 0 Å². The molecular weight excluding hydrogens is 176 g/mol. The zero-order valence-electron chi connectivity index (χ0n) is 7.07. The molecule has 0 aromatic heterocycles. The average molecular weight is 191 g/mol. The normalized spacial score (nSPS) is 30.8. The molecule has 0 spiro atoms. The van der Waals surface area contributed by atoms with E-state index in [9.17, 15) is 8.42 Å². The van der Waals surface area contributed by atoms with Crippen molar-refractivity contribution >= 4 is 10.1 Å². The van der Waals surface area contributed by atoms with Crippen molar-refractivity contribution in [1.82, 2.24) is 0 Å². The van der Waals surface area contributed by atoms with Gasteiger partial charge in [-0.3, -0.25) is 4.55 Å². The van der Waals surface area contributed by atoms with Crippen molar-refractivity contribution in [3.8, 4) is 0 Å². The summed E-state index contributed by atoms with van der Waals surface area (Å²) in [5.74, 6) is 0.453. The lowest BCUT2D eigenvalue weighted by Crippen LogP contribution is -2.16. The molecule has 1 N–H and O–H groups in total. The first-order valence-electron chi connectivity index (χ1n) is 4.29. The van der Waals surface area contributed by atoms with E-state index in [4.69, 9.17) is 4.55 Å². The third-order valence-corrected chi connectivity index (χ3v) is 3.80. The molecule has 1 fully saturated rings. The summed E-state index contributed by atoms with van der Waals surface area (Å²) < 4.78 is 30.2. The Labute approximate surface area is 73.9 Å². The summed E-state index contributed by atoms with van der Waals surface area (Å²) in [5, 5.41) is -0.506. The second kappa shape index (κ2) is 3.75. The molecule has 0 bridgehead atoms. The second-order valence-corrected chi connectivity index (χ2v) is 5.15. The molecule has 0 aromatic rings. The van der Waals surface area contributed by atoms with Crippen LogP contribution in [0.1, 0.15) is 32.1 Å². The van der Waals surface area contributed by atoms with E-state index in [0.29, 0.717) is 18.8 Å².